The zero-order chi connectivity index (χ0) is 11.4. The summed E-state index contributed by atoms with van der Waals surface area (Å²) in [5.74, 6) is 0.771. The van der Waals surface area contributed by atoms with Gasteiger partial charge in [0.25, 0.3) is 0 Å². The Labute approximate surface area is 105 Å². The van der Waals surface area contributed by atoms with Crippen LogP contribution >= 0.6 is 15.9 Å². The Morgan fingerprint density at radius 3 is 2.69 bits per heavy atom. The molecular formula is C13H18BrNO. The van der Waals surface area contributed by atoms with Crippen molar-refractivity contribution in [3.8, 4) is 0 Å². The Morgan fingerprint density at radius 1 is 1.25 bits per heavy atom. The quantitative estimate of drug-likeness (QED) is 0.893. The van der Waals surface area contributed by atoms with E-state index in [0.29, 0.717) is 0 Å². The van der Waals surface area contributed by atoms with Crippen molar-refractivity contribution >= 4 is 15.9 Å². The highest BCUT2D eigenvalue weighted by Crippen LogP contribution is 2.23. The summed E-state index contributed by atoms with van der Waals surface area (Å²) in [4.78, 5) is 0. The molecule has 2 rings (SSSR count). The predicted octanol–water partition coefficient (Wildman–Crippen LogP) is 2.48. The largest absolute Gasteiger partial charge is 0.392 e. The lowest BCUT2D eigenvalue weighted by Crippen LogP contribution is -2.28. The maximum atomic E-state index is 9.34. The molecule has 1 fully saturated rings. The van der Waals surface area contributed by atoms with Crippen molar-refractivity contribution in [1.29, 1.82) is 0 Å². The molecule has 0 bridgehead atoms. The first-order valence-electron chi connectivity index (χ1n) is 5.88. The Hall–Kier alpha value is -0.380. The van der Waals surface area contributed by atoms with E-state index in [-0.39, 0.29) is 6.61 Å². The standard InChI is InChI=1S/C13H18BrNO/c14-13-2-1-11(12(8-13)9-16)7-10-3-5-15-6-4-10/h1-2,8,10,15-16H,3-7,9H2. The van der Waals surface area contributed by atoms with Gasteiger partial charge in [0.15, 0.2) is 0 Å². The molecular weight excluding hydrogens is 266 g/mol. The summed E-state index contributed by atoms with van der Waals surface area (Å²) in [6.07, 6.45) is 3.60. The lowest BCUT2D eigenvalue weighted by molar-refractivity contribution is 0.279. The van der Waals surface area contributed by atoms with Crippen molar-refractivity contribution in [3.63, 3.8) is 0 Å². The predicted molar refractivity (Wildman–Crippen MR) is 69.4 cm³/mol. The van der Waals surface area contributed by atoms with Gasteiger partial charge in [-0.15, -0.1) is 0 Å². The van der Waals surface area contributed by atoms with Crippen LogP contribution < -0.4 is 5.32 Å². The van der Waals surface area contributed by atoms with E-state index in [2.05, 4.69) is 33.4 Å². The van der Waals surface area contributed by atoms with Crippen molar-refractivity contribution in [3.05, 3.63) is 33.8 Å². The molecule has 0 atom stereocenters. The van der Waals surface area contributed by atoms with Crippen molar-refractivity contribution in [2.75, 3.05) is 13.1 Å². The molecule has 0 unspecified atom stereocenters. The first-order chi connectivity index (χ1) is 7.79. The summed E-state index contributed by atoms with van der Waals surface area (Å²) in [5.41, 5.74) is 2.37. The van der Waals surface area contributed by atoms with E-state index in [1.165, 1.54) is 18.4 Å². The first-order valence-corrected chi connectivity index (χ1v) is 6.68. The molecule has 3 heteroatoms. The number of piperidine rings is 1. The number of hydrogen-bond acceptors (Lipinski definition) is 2. The van der Waals surface area contributed by atoms with Gasteiger partial charge in [0, 0.05) is 4.47 Å². The average Bonchev–Trinajstić information content (AvgIpc) is 2.33. The van der Waals surface area contributed by atoms with Crippen LogP contribution in [-0.2, 0) is 13.0 Å². The molecule has 0 spiro atoms. The molecule has 1 aliphatic heterocycles. The summed E-state index contributed by atoms with van der Waals surface area (Å²) in [6.45, 7) is 2.41. The Balaban J connectivity index is 2.07. The van der Waals surface area contributed by atoms with E-state index in [0.717, 1.165) is 35.5 Å². The summed E-state index contributed by atoms with van der Waals surface area (Å²) < 4.78 is 1.05. The van der Waals surface area contributed by atoms with Gasteiger partial charge in [-0.2, -0.15) is 0 Å². The van der Waals surface area contributed by atoms with Crippen molar-refractivity contribution in [2.45, 2.75) is 25.9 Å². The Bertz CT molecular complexity index is 348. The van der Waals surface area contributed by atoms with E-state index in [9.17, 15) is 5.11 Å². The fourth-order valence-corrected chi connectivity index (χ4v) is 2.75. The molecule has 1 aliphatic rings. The smallest absolute Gasteiger partial charge is 0.0684 e. The van der Waals surface area contributed by atoms with Gasteiger partial charge in [0.2, 0.25) is 0 Å². The molecule has 2 N–H and O–H groups in total. The third kappa shape index (κ3) is 3.06. The number of rotatable bonds is 3. The second-order valence-corrected chi connectivity index (χ2v) is 5.38. The van der Waals surface area contributed by atoms with Crippen molar-refractivity contribution in [2.24, 2.45) is 5.92 Å². The molecule has 1 aromatic carbocycles. The lowest BCUT2D eigenvalue weighted by Gasteiger charge is -2.23. The van der Waals surface area contributed by atoms with Gasteiger partial charge in [-0.1, -0.05) is 22.0 Å². The minimum atomic E-state index is 0.139. The summed E-state index contributed by atoms with van der Waals surface area (Å²) in [5, 5.41) is 12.7. The minimum Gasteiger partial charge on any atom is -0.392 e. The molecule has 1 heterocycles. The highest BCUT2D eigenvalue weighted by Gasteiger charge is 2.15. The van der Waals surface area contributed by atoms with Gasteiger partial charge in [-0.25, -0.2) is 0 Å². The molecule has 1 aromatic rings. The average molecular weight is 284 g/mol. The number of halogens is 1. The molecule has 16 heavy (non-hydrogen) atoms. The van der Waals surface area contributed by atoms with Crippen LogP contribution in [0.2, 0.25) is 0 Å². The van der Waals surface area contributed by atoms with Crippen molar-refractivity contribution in [1.82, 2.24) is 5.32 Å². The fraction of sp³-hybridized carbons (Fsp3) is 0.538. The van der Waals surface area contributed by atoms with E-state index < -0.39 is 0 Å². The number of hydrogen-bond donors (Lipinski definition) is 2. The van der Waals surface area contributed by atoms with Gasteiger partial charge >= 0.3 is 0 Å². The first kappa shape index (κ1) is 12.1. The third-order valence-corrected chi connectivity index (χ3v) is 3.80. The highest BCUT2D eigenvalue weighted by atomic mass is 79.9. The lowest BCUT2D eigenvalue weighted by atomic mass is 9.89. The van der Waals surface area contributed by atoms with Gasteiger partial charge in [-0.05, 0) is 61.5 Å². The monoisotopic (exact) mass is 283 g/mol. The van der Waals surface area contributed by atoms with Gasteiger partial charge < -0.3 is 10.4 Å². The molecule has 2 nitrogen and oxygen atoms in total. The summed E-state index contributed by atoms with van der Waals surface area (Å²) >= 11 is 3.44. The number of aliphatic hydroxyl groups excluding tert-OH is 1. The number of benzene rings is 1. The van der Waals surface area contributed by atoms with Crippen LogP contribution in [0.1, 0.15) is 24.0 Å². The van der Waals surface area contributed by atoms with Crippen LogP contribution in [0.4, 0.5) is 0 Å². The SMILES string of the molecule is OCc1cc(Br)ccc1CC1CCNCC1. The van der Waals surface area contributed by atoms with Crippen molar-refractivity contribution < 1.29 is 5.11 Å². The fourth-order valence-electron chi connectivity index (χ4n) is 2.34. The minimum absolute atomic E-state index is 0.139. The van der Waals surface area contributed by atoms with Gasteiger partial charge in [-0.3, -0.25) is 0 Å². The number of nitrogens with one attached hydrogen (secondary N) is 1. The summed E-state index contributed by atoms with van der Waals surface area (Å²) in [7, 11) is 0. The van der Waals surface area contributed by atoms with Crippen LogP contribution in [0.25, 0.3) is 0 Å². The topological polar surface area (TPSA) is 32.3 Å². The van der Waals surface area contributed by atoms with E-state index in [4.69, 9.17) is 0 Å². The molecule has 0 amide bonds. The van der Waals surface area contributed by atoms with Crippen LogP contribution in [0.15, 0.2) is 22.7 Å². The normalized spacial score (nSPS) is 17.6. The second-order valence-electron chi connectivity index (χ2n) is 4.47. The third-order valence-electron chi connectivity index (χ3n) is 3.31. The molecule has 88 valence electrons. The second kappa shape index (κ2) is 5.80. The van der Waals surface area contributed by atoms with E-state index >= 15 is 0 Å². The molecule has 0 aromatic heterocycles. The molecule has 0 saturated carbocycles. The Morgan fingerprint density at radius 2 is 2.00 bits per heavy atom. The highest BCUT2D eigenvalue weighted by molar-refractivity contribution is 9.10. The zero-order valence-corrected chi connectivity index (χ0v) is 11.0. The maximum Gasteiger partial charge on any atom is 0.0684 e. The molecule has 0 radical (unpaired) electrons. The van der Waals surface area contributed by atoms with Crippen LogP contribution in [0.3, 0.4) is 0 Å². The van der Waals surface area contributed by atoms with Gasteiger partial charge in [0.05, 0.1) is 6.61 Å². The van der Waals surface area contributed by atoms with E-state index in [1.54, 1.807) is 0 Å². The van der Waals surface area contributed by atoms with Crippen LogP contribution in [0.5, 0.6) is 0 Å². The van der Waals surface area contributed by atoms with Gasteiger partial charge in [0.1, 0.15) is 0 Å². The Kier molecular flexibility index (Phi) is 4.38. The zero-order valence-electron chi connectivity index (χ0n) is 9.38. The van der Waals surface area contributed by atoms with Crippen LogP contribution in [-0.4, -0.2) is 18.2 Å². The number of aliphatic hydroxyl groups is 1. The van der Waals surface area contributed by atoms with E-state index in [1.807, 2.05) is 6.07 Å². The molecule has 1 saturated heterocycles. The summed E-state index contributed by atoms with van der Waals surface area (Å²) in [6, 6.07) is 6.23. The maximum absolute atomic E-state index is 9.34. The van der Waals surface area contributed by atoms with Crippen LogP contribution in [0, 0.1) is 5.92 Å². The molecule has 0 aliphatic carbocycles.